The lowest BCUT2D eigenvalue weighted by molar-refractivity contribution is -0.121. The van der Waals surface area contributed by atoms with Crippen LogP contribution in [0.2, 0.25) is 0 Å². The van der Waals surface area contributed by atoms with Crippen LogP contribution in [-0.2, 0) is 16.6 Å². The second-order valence-corrected chi connectivity index (χ2v) is 8.59. The minimum absolute atomic E-state index is 0.0391. The van der Waals surface area contributed by atoms with Gasteiger partial charge in [-0.15, -0.1) is 0 Å². The van der Waals surface area contributed by atoms with E-state index < -0.39 is 11.2 Å². The number of aromatic nitrogens is 4. The normalized spacial score (nSPS) is 24.3. The van der Waals surface area contributed by atoms with E-state index in [2.05, 4.69) is 15.1 Å². The van der Waals surface area contributed by atoms with Crippen LogP contribution in [0.3, 0.4) is 0 Å². The van der Waals surface area contributed by atoms with Crippen LogP contribution in [-0.4, -0.2) is 25.9 Å². The van der Waals surface area contributed by atoms with Crippen molar-refractivity contribution in [1.82, 2.24) is 20.1 Å². The van der Waals surface area contributed by atoms with Crippen molar-refractivity contribution >= 4 is 5.78 Å². The van der Waals surface area contributed by atoms with Crippen molar-refractivity contribution in [2.75, 3.05) is 0 Å². The molecular formula is C24H20FN5O2. The molecule has 160 valence electrons. The maximum Gasteiger partial charge on any atom is 0.240 e. The highest BCUT2D eigenvalue weighted by Crippen LogP contribution is 2.50. The maximum absolute atomic E-state index is 14.8. The van der Waals surface area contributed by atoms with Gasteiger partial charge in [0.05, 0.1) is 17.0 Å². The lowest BCUT2D eigenvalue weighted by atomic mass is 9.57. The molecule has 0 N–H and O–H groups in total. The number of rotatable bonds is 2. The molecule has 7 nitrogen and oxygen atoms in total. The fourth-order valence-electron chi connectivity index (χ4n) is 5.14. The number of fused-ring (bicyclic) bond motifs is 3. The Bertz CT molecular complexity index is 1340. The Morgan fingerprint density at radius 1 is 1.22 bits per heavy atom. The van der Waals surface area contributed by atoms with Gasteiger partial charge in [-0.1, -0.05) is 37.2 Å². The van der Waals surface area contributed by atoms with Gasteiger partial charge in [-0.2, -0.15) is 10.2 Å². The van der Waals surface area contributed by atoms with Gasteiger partial charge in [0.25, 0.3) is 0 Å². The van der Waals surface area contributed by atoms with Crippen LogP contribution in [0, 0.1) is 35.9 Å². The van der Waals surface area contributed by atoms with Crippen molar-refractivity contribution in [3.05, 3.63) is 58.9 Å². The molecule has 0 saturated heterocycles. The summed E-state index contributed by atoms with van der Waals surface area (Å²) in [5, 5.41) is 13.5. The Balaban J connectivity index is 1.83. The van der Waals surface area contributed by atoms with E-state index in [1.54, 1.807) is 31.2 Å². The summed E-state index contributed by atoms with van der Waals surface area (Å²) in [6.07, 6.45) is 3.02. The average molecular weight is 429 g/mol. The van der Waals surface area contributed by atoms with Gasteiger partial charge in [-0.25, -0.2) is 14.4 Å². The summed E-state index contributed by atoms with van der Waals surface area (Å²) >= 11 is 0. The Kier molecular flexibility index (Phi) is 4.52. The topological polar surface area (TPSA) is 106 Å². The second-order valence-electron chi connectivity index (χ2n) is 8.59. The highest BCUT2D eigenvalue weighted by atomic mass is 19.1. The van der Waals surface area contributed by atoms with Gasteiger partial charge in [-0.05, 0) is 30.9 Å². The number of benzene rings is 1. The molecule has 3 atom stereocenters. The van der Waals surface area contributed by atoms with Crippen LogP contribution >= 0.6 is 0 Å². The van der Waals surface area contributed by atoms with Crippen molar-refractivity contribution in [3.8, 4) is 29.0 Å². The first-order chi connectivity index (χ1) is 15.3. The van der Waals surface area contributed by atoms with E-state index in [1.807, 2.05) is 19.9 Å². The van der Waals surface area contributed by atoms with Gasteiger partial charge in [0.15, 0.2) is 5.78 Å². The van der Waals surface area contributed by atoms with Crippen molar-refractivity contribution in [1.29, 1.82) is 5.26 Å². The Morgan fingerprint density at radius 2 is 2.00 bits per heavy atom. The predicted octanol–water partition coefficient (Wildman–Crippen LogP) is 4.13. The zero-order valence-electron chi connectivity index (χ0n) is 17.9. The largest absolute Gasteiger partial charge is 0.339 e. The quantitative estimate of drug-likeness (QED) is 0.603. The van der Waals surface area contributed by atoms with Crippen molar-refractivity contribution in [3.63, 3.8) is 0 Å². The van der Waals surface area contributed by atoms with Crippen LogP contribution in [0.25, 0.3) is 22.9 Å². The lowest BCUT2D eigenvalue weighted by Crippen LogP contribution is -2.46. The predicted molar refractivity (Wildman–Crippen MR) is 112 cm³/mol. The molecule has 0 bridgehead atoms. The van der Waals surface area contributed by atoms with E-state index in [-0.39, 0.29) is 34.8 Å². The number of hydrogen-bond donors (Lipinski definition) is 0. The molecule has 5 rings (SSSR count). The molecule has 2 aliphatic rings. The third kappa shape index (κ3) is 2.88. The summed E-state index contributed by atoms with van der Waals surface area (Å²) < 4.78 is 19.9. The standard InChI is InChI=1S/C24H20FN5O2/c1-12-17-9-8-16-19(15-6-4-5-7-18(15)25)28-22(23-27-13(2)32-30-23)29-21(16)24(17,3)10-14(11-26)20(12)31/h4-7,10,12,17H,8-9H2,1-3H3/t12-,17-,24-/m1/s1. The zero-order chi connectivity index (χ0) is 22.6. The van der Waals surface area contributed by atoms with E-state index in [1.165, 1.54) is 6.07 Å². The number of ketones is 1. The first-order valence-corrected chi connectivity index (χ1v) is 10.5. The number of halogens is 1. The molecule has 8 heteroatoms. The summed E-state index contributed by atoms with van der Waals surface area (Å²) in [5.74, 6) is -0.109. The smallest absolute Gasteiger partial charge is 0.240 e. The fraction of sp³-hybridized carbons (Fsp3) is 0.333. The van der Waals surface area contributed by atoms with Crippen molar-refractivity contribution in [2.45, 2.75) is 39.0 Å². The van der Waals surface area contributed by atoms with E-state index in [9.17, 15) is 14.4 Å². The molecule has 3 aromatic rings. The Morgan fingerprint density at radius 3 is 2.69 bits per heavy atom. The molecule has 0 saturated carbocycles. The number of nitrogens with zero attached hydrogens (tertiary/aromatic N) is 5. The second kappa shape index (κ2) is 7.16. The SMILES string of the molecule is Cc1nc(-c2nc(-c3ccccc3F)c3c(n2)[C@]2(C)C=C(C#N)C(=O)[C@H](C)[C@H]2CC3)no1. The average Bonchev–Trinajstić information content (AvgIpc) is 3.22. The van der Waals surface area contributed by atoms with Crippen LogP contribution in [0.5, 0.6) is 0 Å². The molecule has 0 unspecified atom stereocenters. The summed E-state index contributed by atoms with van der Waals surface area (Å²) in [5.41, 5.74) is 1.76. The molecule has 0 amide bonds. The van der Waals surface area contributed by atoms with E-state index in [4.69, 9.17) is 9.51 Å². The van der Waals surface area contributed by atoms with Gasteiger partial charge in [0, 0.05) is 29.4 Å². The zero-order valence-corrected chi connectivity index (χ0v) is 17.9. The lowest BCUT2D eigenvalue weighted by Gasteiger charge is -2.45. The highest BCUT2D eigenvalue weighted by molar-refractivity contribution is 6.02. The third-order valence-corrected chi connectivity index (χ3v) is 6.70. The molecule has 2 aliphatic carbocycles. The summed E-state index contributed by atoms with van der Waals surface area (Å²) in [4.78, 5) is 26.4. The molecule has 2 aromatic heterocycles. The van der Waals surface area contributed by atoms with E-state index in [0.29, 0.717) is 35.7 Å². The molecule has 0 radical (unpaired) electrons. The van der Waals surface area contributed by atoms with Crippen LogP contribution in [0.4, 0.5) is 4.39 Å². The van der Waals surface area contributed by atoms with Gasteiger partial charge < -0.3 is 4.52 Å². The number of allylic oxidation sites excluding steroid dienone is 2. The Labute approximate surface area is 184 Å². The molecule has 2 heterocycles. The van der Waals surface area contributed by atoms with Crippen LogP contribution < -0.4 is 0 Å². The number of nitriles is 1. The van der Waals surface area contributed by atoms with Gasteiger partial charge in [0.2, 0.25) is 17.5 Å². The fourth-order valence-corrected chi connectivity index (χ4v) is 5.14. The number of Topliss-reactive ketones (excluding diaryl/α,β-unsaturated/α-hetero) is 1. The van der Waals surface area contributed by atoms with E-state index >= 15 is 0 Å². The first kappa shape index (κ1) is 20.2. The molecule has 0 aliphatic heterocycles. The van der Waals surface area contributed by atoms with Crippen molar-refractivity contribution in [2.24, 2.45) is 11.8 Å². The van der Waals surface area contributed by atoms with Gasteiger partial charge >= 0.3 is 0 Å². The number of aryl methyl sites for hydroxylation is 1. The first-order valence-electron chi connectivity index (χ1n) is 10.5. The number of carbonyl (C=O) groups excluding carboxylic acids is 1. The third-order valence-electron chi connectivity index (χ3n) is 6.70. The number of carbonyl (C=O) groups is 1. The van der Waals surface area contributed by atoms with Crippen LogP contribution in [0.15, 0.2) is 40.4 Å². The summed E-state index contributed by atoms with van der Waals surface area (Å²) in [7, 11) is 0. The van der Waals surface area contributed by atoms with Gasteiger partial charge in [0.1, 0.15) is 11.9 Å². The van der Waals surface area contributed by atoms with Crippen LogP contribution in [0.1, 0.15) is 37.4 Å². The van der Waals surface area contributed by atoms with E-state index in [0.717, 1.165) is 5.56 Å². The molecule has 0 fully saturated rings. The summed E-state index contributed by atoms with van der Waals surface area (Å²) in [6, 6.07) is 8.51. The monoisotopic (exact) mass is 429 g/mol. The molecule has 1 aromatic carbocycles. The highest BCUT2D eigenvalue weighted by Gasteiger charge is 2.49. The minimum atomic E-state index is -0.692. The number of hydrogen-bond acceptors (Lipinski definition) is 7. The maximum atomic E-state index is 14.8. The minimum Gasteiger partial charge on any atom is -0.339 e. The summed E-state index contributed by atoms with van der Waals surface area (Å²) in [6.45, 7) is 5.52. The van der Waals surface area contributed by atoms with Gasteiger partial charge in [-0.3, -0.25) is 4.79 Å². The Hall–Kier alpha value is -3.73. The van der Waals surface area contributed by atoms with Crippen molar-refractivity contribution < 1.29 is 13.7 Å². The molecule has 0 spiro atoms. The molecular weight excluding hydrogens is 409 g/mol. The molecule has 32 heavy (non-hydrogen) atoms.